The Labute approximate surface area is 114 Å². The number of hydrogen-bond acceptors (Lipinski definition) is 3. The van der Waals surface area contributed by atoms with Gasteiger partial charge in [0.05, 0.1) is 12.7 Å². The highest BCUT2D eigenvalue weighted by Gasteiger charge is 2.27. The Morgan fingerprint density at radius 2 is 2.11 bits per heavy atom. The fraction of sp³-hybridized carbons (Fsp3) is 0.562. The Bertz CT molecular complexity index is 428. The SMILES string of the molecule is CCC1CCCCC1Oc1c(C=O)cccc1OC. The van der Waals surface area contributed by atoms with Crippen LogP contribution in [0.3, 0.4) is 0 Å². The summed E-state index contributed by atoms with van der Waals surface area (Å²) in [6.07, 6.45) is 6.92. The summed E-state index contributed by atoms with van der Waals surface area (Å²) < 4.78 is 11.5. The van der Waals surface area contributed by atoms with Crippen LogP contribution in [0.4, 0.5) is 0 Å². The maximum atomic E-state index is 11.2. The summed E-state index contributed by atoms with van der Waals surface area (Å²) >= 11 is 0. The number of benzene rings is 1. The lowest BCUT2D eigenvalue weighted by atomic mass is 9.84. The zero-order valence-electron chi connectivity index (χ0n) is 11.7. The van der Waals surface area contributed by atoms with E-state index in [1.54, 1.807) is 13.2 Å². The lowest BCUT2D eigenvalue weighted by Crippen LogP contribution is -2.30. The Kier molecular flexibility index (Phi) is 4.83. The fourth-order valence-electron chi connectivity index (χ4n) is 2.86. The van der Waals surface area contributed by atoms with E-state index in [2.05, 4.69) is 6.92 Å². The number of carbonyl (C=O) groups excluding carboxylic acids is 1. The average molecular weight is 262 g/mol. The van der Waals surface area contributed by atoms with Gasteiger partial charge in [-0.05, 0) is 43.7 Å². The van der Waals surface area contributed by atoms with Gasteiger partial charge < -0.3 is 9.47 Å². The molecule has 0 bridgehead atoms. The molecule has 0 saturated heterocycles. The van der Waals surface area contributed by atoms with Gasteiger partial charge in [-0.3, -0.25) is 4.79 Å². The van der Waals surface area contributed by atoms with Gasteiger partial charge in [-0.25, -0.2) is 0 Å². The fourth-order valence-corrected chi connectivity index (χ4v) is 2.86. The van der Waals surface area contributed by atoms with Gasteiger partial charge >= 0.3 is 0 Å². The van der Waals surface area contributed by atoms with Gasteiger partial charge in [0, 0.05) is 0 Å². The molecule has 2 unspecified atom stereocenters. The molecule has 1 fully saturated rings. The molecule has 2 rings (SSSR count). The van der Waals surface area contributed by atoms with E-state index in [-0.39, 0.29) is 6.10 Å². The monoisotopic (exact) mass is 262 g/mol. The van der Waals surface area contributed by atoms with Crippen molar-refractivity contribution in [3.05, 3.63) is 23.8 Å². The molecule has 1 aromatic carbocycles. The third kappa shape index (κ3) is 3.09. The molecule has 0 N–H and O–H groups in total. The third-order valence-electron chi connectivity index (χ3n) is 3.99. The van der Waals surface area contributed by atoms with Crippen molar-refractivity contribution in [3.8, 4) is 11.5 Å². The molecule has 1 aliphatic rings. The highest BCUT2D eigenvalue weighted by Crippen LogP contribution is 2.36. The number of hydrogen-bond donors (Lipinski definition) is 0. The lowest BCUT2D eigenvalue weighted by molar-refractivity contribution is 0.0854. The molecule has 0 radical (unpaired) electrons. The first-order chi connectivity index (χ1) is 9.30. The smallest absolute Gasteiger partial charge is 0.172 e. The van der Waals surface area contributed by atoms with Gasteiger partial charge in [0.2, 0.25) is 0 Å². The molecule has 1 aromatic rings. The van der Waals surface area contributed by atoms with E-state index in [1.165, 1.54) is 19.3 Å². The Hall–Kier alpha value is -1.51. The predicted octanol–water partition coefficient (Wildman–Crippen LogP) is 3.86. The minimum absolute atomic E-state index is 0.203. The molecule has 2 atom stereocenters. The Morgan fingerprint density at radius 1 is 1.32 bits per heavy atom. The molecule has 0 heterocycles. The van der Waals surface area contributed by atoms with Crippen LogP contribution >= 0.6 is 0 Å². The van der Waals surface area contributed by atoms with Crippen LogP contribution in [0.15, 0.2) is 18.2 Å². The molecule has 3 heteroatoms. The van der Waals surface area contributed by atoms with E-state index in [0.717, 1.165) is 19.1 Å². The van der Waals surface area contributed by atoms with E-state index in [0.29, 0.717) is 23.0 Å². The lowest BCUT2D eigenvalue weighted by Gasteiger charge is -2.32. The van der Waals surface area contributed by atoms with Crippen LogP contribution in [0.5, 0.6) is 11.5 Å². The first-order valence-electron chi connectivity index (χ1n) is 7.09. The van der Waals surface area contributed by atoms with Gasteiger partial charge in [0.1, 0.15) is 6.10 Å². The quantitative estimate of drug-likeness (QED) is 0.756. The zero-order chi connectivity index (χ0) is 13.7. The van der Waals surface area contributed by atoms with Crippen molar-refractivity contribution in [1.82, 2.24) is 0 Å². The van der Waals surface area contributed by atoms with Gasteiger partial charge in [-0.2, -0.15) is 0 Å². The van der Waals surface area contributed by atoms with E-state index in [9.17, 15) is 4.79 Å². The summed E-state index contributed by atoms with van der Waals surface area (Å²) in [7, 11) is 1.61. The molecule has 0 spiro atoms. The van der Waals surface area contributed by atoms with Crippen molar-refractivity contribution in [2.75, 3.05) is 7.11 Å². The summed E-state index contributed by atoms with van der Waals surface area (Å²) in [5.41, 5.74) is 0.569. The Balaban J connectivity index is 2.23. The molecule has 3 nitrogen and oxygen atoms in total. The van der Waals surface area contributed by atoms with Gasteiger partial charge in [0.15, 0.2) is 17.8 Å². The zero-order valence-corrected chi connectivity index (χ0v) is 11.7. The van der Waals surface area contributed by atoms with Crippen LogP contribution in [0.1, 0.15) is 49.4 Å². The van der Waals surface area contributed by atoms with Crippen LogP contribution < -0.4 is 9.47 Å². The van der Waals surface area contributed by atoms with Crippen molar-refractivity contribution in [3.63, 3.8) is 0 Å². The molecule has 1 saturated carbocycles. The minimum atomic E-state index is 0.203. The standard InChI is InChI=1S/C16H22O3/c1-3-12-7-4-5-9-14(12)19-16-13(11-17)8-6-10-15(16)18-2/h6,8,10-12,14H,3-5,7,9H2,1-2H3. The highest BCUT2D eigenvalue weighted by molar-refractivity contribution is 5.81. The van der Waals surface area contributed by atoms with E-state index in [4.69, 9.17) is 9.47 Å². The predicted molar refractivity (Wildman–Crippen MR) is 75.0 cm³/mol. The van der Waals surface area contributed by atoms with Crippen LogP contribution in [-0.2, 0) is 0 Å². The molecule has 0 amide bonds. The van der Waals surface area contributed by atoms with E-state index >= 15 is 0 Å². The third-order valence-corrected chi connectivity index (χ3v) is 3.99. The number of aldehydes is 1. The second-order valence-corrected chi connectivity index (χ2v) is 5.11. The number of methoxy groups -OCH3 is 1. The van der Waals surface area contributed by atoms with Gasteiger partial charge in [-0.15, -0.1) is 0 Å². The van der Waals surface area contributed by atoms with Crippen molar-refractivity contribution in [2.24, 2.45) is 5.92 Å². The summed E-state index contributed by atoms with van der Waals surface area (Å²) in [4.78, 5) is 11.2. The van der Waals surface area contributed by atoms with Crippen LogP contribution in [0.25, 0.3) is 0 Å². The first kappa shape index (κ1) is 13.9. The summed E-state index contributed by atoms with van der Waals surface area (Å²) in [6.45, 7) is 2.20. The van der Waals surface area contributed by atoms with Crippen molar-refractivity contribution in [1.29, 1.82) is 0 Å². The van der Waals surface area contributed by atoms with Crippen molar-refractivity contribution >= 4 is 6.29 Å². The van der Waals surface area contributed by atoms with Gasteiger partial charge in [0.25, 0.3) is 0 Å². The normalized spacial score (nSPS) is 22.8. The van der Waals surface area contributed by atoms with Crippen LogP contribution in [-0.4, -0.2) is 19.5 Å². The largest absolute Gasteiger partial charge is 0.493 e. The van der Waals surface area contributed by atoms with E-state index < -0.39 is 0 Å². The Morgan fingerprint density at radius 3 is 2.79 bits per heavy atom. The maximum absolute atomic E-state index is 11.2. The summed E-state index contributed by atoms with van der Waals surface area (Å²) in [6, 6.07) is 5.42. The molecule has 0 aliphatic heterocycles. The molecular formula is C16H22O3. The highest BCUT2D eigenvalue weighted by atomic mass is 16.5. The second-order valence-electron chi connectivity index (χ2n) is 5.11. The van der Waals surface area contributed by atoms with E-state index in [1.807, 2.05) is 12.1 Å². The number of rotatable bonds is 5. The molecule has 104 valence electrons. The first-order valence-corrected chi connectivity index (χ1v) is 7.09. The molecule has 19 heavy (non-hydrogen) atoms. The number of carbonyl (C=O) groups is 1. The maximum Gasteiger partial charge on any atom is 0.172 e. The molecule has 0 aromatic heterocycles. The number of ether oxygens (including phenoxy) is 2. The average Bonchev–Trinajstić information content (AvgIpc) is 2.48. The molecule has 1 aliphatic carbocycles. The second kappa shape index (κ2) is 6.60. The minimum Gasteiger partial charge on any atom is -0.493 e. The van der Waals surface area contributed by atoms with Crippen LogP contribution in [0.2, 0.25) is 0 Å². The van der Waals surface area contributed by atoms with Crippen molar-refractivity contribution < 1.29 is 14.3 Å². The summed E-state index contributed by atoms with van der Waals surface area (Å²) in [5.74, 6) is 1.83. The molecular weight excluding hydrogens is 240 g/mol. The number of para-hydroxylation sites is 1. The topological polar surface area (TPSA) is 35.5 Å². The van der Waals surface area contributed by atoms with Crippen molar-refractivity contribution in [2.45, 2.75) is 45.1 Å². The summed E-state index contributed by atoms with van der Waals surface area (Å²) in [5, 5.41) is 0. The van der Waals surface area contributed by atoms with Gasteiger partial charge in [-0.1, -0.05) is 19.4 Å². The van der Waals surface area contributed by atoms with Crippen LogP contribution in [0, 0.1) is 5.92 Å².